The summed E-state index contributed by atoms with van der Waals surface area (Å²) < 4.78 is 2.71. The van der Waals surface area contributed by atoms with Crippen molar-refractivity contribution in [3.63, 3.8) is 0 Å². The molecule has 0 atom stereocenters. The minimum absolute atomic E-state index is 1.28. The molecule has 16 heavy (non-hydrogen) atoms. The van der Waals surface area contributed by atoms with E-state index in [0.29, 0.717) is 0 Å². The Kier molecular flexibility index (Phi) is 2.69. The number of halogens is 1. The van der Waals surface area contributed by atoms with Crippen molar-refractivity contribution in [2.75, 3.05) is 0 Å². The van der Waals surface area contributed by atoms with Gasteiger partial charge in [0.15, 0.2) is 0 Å². The lowest BCUT2D eigenvalue weighted by atomic mass is 10.0. The summed E-state index contributed by atoms with van der Waals surface area (Å²) in [7, 11) is 0. The van der Waals surface area contributed by atoms with Crippen molar-refractivity contribution in [2.45, 2.75) is 0 Å². The Hall–Kier alpha value is -0.870. The Morgan fingerprint density at radius 1 is 0.875 bits per heavy atom. The minimum atomic E-state index is 1.28. The molecular weight excluding hydrogens is 327 g/mol. The Labute approximate surface area is 112 Å². The summed E-state index contributed by atoms with van der Waals surface area (Å²) in [4.78, 5) is 0. The molecule has 0 aliphatic carbocycles. The van der Waals surface area contributed by atoms with Crippen LogP contribution < -0.4 is 0 Å². The first kappa shape index (κ1) is 10.3. The lowest BCUT2D eigenvalue weighted by Crippen LogP contribution is -1.76. The molecule has 0 amide bonds. The number of benzene rings is 2. The van der Waals surface area contributed by atoms with Gasteiger partial charge in [0, 0.05) is 19.0 Å². The second kappa shape index (κ2) is 4.18. The molecule has 0 aliphatic rings. The molecule has 0 aliphatic heterocycles. The maximum absolute atomic E-state index is 2.40. The van der Waals surface area contributed by atoms with Gasteiger partial charge in [-0.3, -0.25) is 0 Å². The van der Waals surface area contributed by atoms with Crippen LogP contribution in [-0.4, -0.2) is 0 Å². The number of hydrogen-bond acceptors (Lipinski definition) is 1. The maximum Gasteiger partial charge on any atom is 0.0354 e. The Balaban J connectivity index is 2.22. The first-order valence-corrected chi connectivity index (χ1v) is 7.02. The van der Waals surface area contributed by atoms with Gasteiger partial charge in [-0.25, -0.2) is 0 Å². The highest BCUT2D eigenvalue weighted by Crippen LogP contribution is 2.31. The van der Waals surface area contributed by atoms with Gasteiger partial charge in [0.2, 0.25) is 0 Å². The van der Waals surface area contributed by atoms with Crippen LogP contribution in [0.25, 0.3) is 21.2 Å². The van der Waals surface area contributed by atoms with Crippen LogP contribution in [0.4, 0.5) is 0 Å². The van der Waals surface area contributed by atoms with Crippen LogP contribution in [-0.2, 0) is 0 Å². The van der Waals surface area contributed by atoms with Crippen LogP contribution in [0.2, 0.25) is 0 Å². The second-order valence-corrected chi connectivity index (χ2v) is 5.73. The van der Waals surface area contributed by atoms with Crippen molar-refractivity contribution in [3.05, 3.63) is 57.5 Å². The molecule has 0 saturated carbocycles. The average molecular weight is 336 g/mol. The molecule has 0 nitrogen and oxygen atoms in total. The third-order valence-corrected chi connectivity index (χ3v) is 4.91. The summed E-state index contributed by atoms with van der Waals surface area (Å²) in [6.45, 7) is 0. The van der Waals surface area contributed by atoms with E-state index in [1.165, 1.54) is 24.8 Å². The molecule has 78 valence electrons. The monoisotopic (exact) mass is 336 g/mol. The summed E-state index contributed by atoms with van der Waals surface area (Å²) in [5.41, 5.74) is 2.58. The van der Waals surface area contributed by atoms with Gasteiger partial charge in [0.1, 0.15) is 0 Å². The largest absolute Gasteiger partial charge is 0.143 e. The fraction of sp³-hybridized carbons (Fsp3) is 0. The number of hydrogen-bond donors (Lipinski definition) is 0. The molecule has 0 spiro atoms. The molecule has 0 fully saturated rings. The molecule has 3 rings (SSSR count). The molecule has 0 N–H and O–H groups in total. The number of rotatable bonds is 1. The van der Waals surface area contributed by atoms with Crippen molar-refractivity contribution < 1.29 is 0 Å². The third-order valence-electron chi connectivity index (χ3n) is 2.63. The minimum Gasteiger partial charge on any atom is -0.143 e. The Morgan fingerprint density at radius 2 is 1.69 bits per heavy atom. The summed E-state index contributed by atoms with van der Waals surface area (Å²) >= 11 is 4.21. The lowest BCUT2D eigenvalue weighted by molar-refractivity contribution is 1.65. The van der Waals surface area contributed by atoms with Gasteiger partial charge in [0.05, 0.1) is 0 Å². The summed E-state index contributed by atoms with van der Waals surface area (Å²) in [5.74, 6) is 0. The summed E-state index contributed by atoms with van der Waals surface area (Å²) in [5, 5.41) is 3.58. The fourth-order valence-corrected chi connectivity index (χ4v) is 3.62. The van der Waals surface area contributed by atoms with E-state index in [1.807, 2.05) is 11.3 Å². The number of thiophene rings is 1. The van der Waals surface area contributed by atoms with Gasteiger partial charge in [-0.2, -0.15) is 0 Å². The molecule has 0 bridgehead atoms. The zero-order chi connectivity index (χ0) is 11.0. The Bertz CT molecular complexity index is 626. The van der Waals surface area contributed by atoms with Crippen LogP contribution in [0.3, 0.4) is 0 Å². The van der Waals surface area contributed by atoms with Crippen molar-refractivity contribution >= 4 is 44.0 Å². The first-order chi connectivity index (χ1) is 7.84. The van der Waals surface area contributed by atoms with Crippen LogP contribution in [0.1, 0.15) is 0 Å². The Morgan fingerprint density at radius 3 is 2.50 bits per heavy atom. The number of fused-ring (bicyclic) bond motifs is 1. The topological polar surface area (TPSA) is 0 Å². The van der Waals surface area contributed by atoms with E-state index < -0.39 is 0 Å². The first-order valence-electron chi connectivity index (χ1n) is 5.07. The smallest absolute Gasteiger partial charge is 0.0354 e. The molecule has 0 saturated heterocycles. The zero-order valence-electron chi connectivity index (χ0n) is 8.48. The molecule has 2 heteroatoms. The highest BCUT2D eigenvalue weighted by atomic mass is 127. The summed E-state index contributed by atoms with van der Waals surface area (Å²) in [6, 6.07) is 17.2. The van der Waals surface area contributed by atoms with Gasteiger partial charge in [-0.05, 0) is 45.9 Å². The quantitative estimate of drug-likeness (QED) is 0.538. The molecule has 2 aromatic carbocycles. The third kappa shape index (κ3) is 1.76. The molecular formula is C14H9IS. The SMILES string of the molecule is Ic1csc2ccc(-c3ccccc3)cc12. The van der Waals surface area contributed by atoms with E-state index in [9.17, 15) is 0 Å². The van der Waals surface area contributed by atoms with Crippen molar-refractivity contribution in [2.24, 2.45) is 0 Å². The van der Waals surface area contributed by atoms with Crippen LogP contribution in [0.5, 0.6) is 0 Å². The second-order valence-electron chi connectivity index (χ2n) is 3.66. The normalized spacial score (nSPS) is 10.8. The van der Waals surface area contributed by atoms with E-state index >= 15 is 0 Å². The highest BCUT2D eigenvalue weighted by Gasteiger charge is 2.03. The van der Waals surface area contributed by atoms with E-state index in [-0.39, 0.29) is 0 Å². The standard InChI is InChI=1S/C14H9IS/c15-13-9-16-14-7-6-11(8-12(13)14)10-4-2-1-3-5-10/h1-9H. The lowest BCUT2D eigenvalue weighted by Gasteiger charge is -2.01. The van der Waals surface area contributed by atoms with Gasteiger partial charge in [-0.15, -0.1) is 11.3 Å². The van der Waals surface area contributed by atoms with Gasteiger partial charge in [0.25, 0.3) is 0 Å². The predicted molar refractivity (Wildman–Crippen MR) is 80.0 cm³/mol. The molecule has 0 unspecified atom stereocenters. The summed E-state index contributed by atoms with van der Waals surface area (Å²) in [6.07, 6.45) is 0. The predicted octanol–water partition coefficient (Wildman–Crippen LogP) is 5.17. The van der Waals surface area contributed by atoms with Gasteiger partial charge >= 0.3 is 0 Å². The molecule has 1 aromatic heterocycles. The molecule has 0 radical (unpaired) electrons. The van der Waals surface area contributed by atoms with E-state index in [4.69, 9.17) is 0 Å². The van der Waals surface area contributed by atoms with Gasteiger partial charge in [-0.1, -0.05) is 36.4 Å². The van der Waals surface area contributed by atoms with Crippen molar-refractivity contribution in [3.8, 4) is 11.1 Å². The fourth-order valence-electron chi connectivity index (χ4n) is 1.81. The molecule has 1 heterocycles. The highest BCUT2D eigenvalue weighted by molar-refractivity contribution is 14.1. The van der Waals surface area contributed by atoms with Crippen molar-refractivity contribution in [1.82, 2.24) is 0 Å². The van der Waals surface area contributed by atoms with E-state index in [1.54, 1.807) is 0 Å². The molecule has 3 aromatic rings. The van der Waals surface area contributed by atoms with E-state index in [0.717, 1.165) is 0 Å². The average Bonchev–Trinajstić information content (AvgIpc) is 2.72. The maximum atomic E-state index is 2.40. The van der Waals surface area contributed by atoms with Crippen LogP contribution in [0, 0.1) is 3.57 Å². The van der Waals surface area contributed by atoms with E-state index in [2.05, 4.69) is 76.5 Å². The van der Waals surface area contributed by atoms with Crippen LogP contribution >= 0.6 is 33.9 Å². The van der Waals surface area contributed by atoms with Gasteiger partial charge < -0.3 is 0 Å². The zero-order valence-corrected chi connectivity index (χ0v) is 11.5. The van der Waals surface area contributed by atoms with Crippen molar-refractivity contribution in [1.29, 1.82) is 0 Å². The van der Waals surface area contributed by atoms with Crippen LogP contribution in [0.15, 0.2) is 53.9 Å².